The quantitative estimate of drug-likeness (QED) is 0.852. The van der Waals surface area contributed by atoms with E-state index in [0.29, 0.717) is 10.6 Å². The lowest BCUT2D eigenvalue weighted by Crippen LogP contribution is -2.32. The van der Waals surface area contributed by atoms with Crippen molar-refractivity contribution < 1.29 is 18.3 Å². The van der Waals surface area contributed by atoms with Gasteiger partial charge in [-0.1, -0.05) is 30.7 Å². The van der Waals surface area contributed by atoms with E-state index in [4.69, 9.17) is 17.3 Å². The Balaban J connectivity index is 2.54. The molecule has 3 N–H and O–H groups in total. The van der Waals surface area contributed by atoms with E-state index in [9.17, 15) is 18.3 Å². The molecule has 1 aliphatic rings. The minimum absolute atomic E-state index is 0.107. The molecule has 0 heterocycles. The summed E-state index contributed by atoms with van der Waals surface area (Å²) in [5, 5.41) is 8.91. The third-order valence-corrected chi connectivity index (χ3v) is 6.50. The number of hydrogen-bond donors (Lipinski definition) is 2. The van der Waals surface area contributed by atoms with E-state index in [1.54, 1.807) is 24.3 Å². The van der Waals surface area contributed by atoms with E-state index in [2.05, 4.69) is 0 Å². The van der Waals surface area contributed by atoms with Gasteiger partial charge in [-0.25, -0.2) is 8.42 Å². The van der Waals surface area contributed by atoms with Gasteiger partial charge in [-0.15, -0.1) is 0 Å². The molecule has 0 amide bonds. The van der Waals surface area contributed by atoms with Gasteiger partial charge in [0.15, 0.2) is 9.84 Å². The van der Waals surface area contributed by atoms with Gasteiger partial charge in [0.1, 0.15) is 5.41 Å². The van der Waals surface area contributed by atoms with Crippen molar-refractivity contribution in [2.24, 2.45) is 11.1 Å². The van der Waals surface area contributed by atoms with Gasteiger partial charge in [0.2, 0.25) is 0 Å². The molecule has 0 saturated heterocycles. The lowest BCUT2D eigenvalue weighted by atomic mass is 9.99. The third-order valence-electron chi connectivity index (χ3n) is 3.99. The topological polar surface area (TPSA) is 97.5 Å². The summed E-state index contributed by atoms with van der Waals surface area (Å²) in [7, 11) is -3.50. The molecule has 1 aromatic carbocycles. The molecule has 0 spiro atoms. The summed E-state index contributed by atoms with van der Waals surface area (Å²) in [6.45, 7) is 1.29. The lowest BCUT2D eigenvalue weighted by molar-refractivity contribution is -0.143. The summed E-state index contributed by atoms with van der Waals surface area (Å²) in [6, 6.07) is 6.62. The van der Waals surface area contributed by atoms with Gasteiger partial charge in [-0.2, -0.15) is 0 Å². The SMILES string of the molecule is CCS(=O)(=O)[C@@H]1[C@H](c2cccc(Cl)c2)[C@@]1(CN)C(=O)O. The highest BCUT2D eigenvalue weighted by Gasteiger charge is 2.74. The lowest BCUT2D eigenvalue weighted by Gasteiger charge is -2.09. The van der Waals surface area contributed by atoms with Crippen LogP contribution in [0.5, 0.6) is 0 Å². The monoisotopic (exact) mass is 317 g/mol. The van der Waals surface area contributed by atoms with Crippen molar-refractivity contribution in [3.63, 3.8) is 0 Å². The largest absolute Gasteiger partial charge is 0.481 e. The van der Waals surface area contributed by atoms with Gasteiger partial charge in [0.05, 0.1) is 5.25 Å². The highest BCUT2D eigenvalue weighted by atomic mass is 35.5. The Morgan fingerprint density at radius 1 is 1.50 bits per heavy atom. The van der Waals surface area contributed by atoms with Crippen LogP contribution in [0.1, 0.15) is 18.4 Å². The van der Waals surface area contributed by atoms with Crippen molar-refractivity contribution in [1.29, 1.82) is 0 Å². The number of hydrogen-bond acceptors (Lipinski definition) is 4. The molecular weight excluding hydrogens is 302 g/mol. The average molecular weight is 318 g/mol. The van der Waals surface area contributed by atoms with E-state index in [1.165, 1.54) is 6.92 Å². The summed E-state index contributed by atoms with van der Waals surface area (Å²) in [4.78, 5) is 11.6. The first-order valence-electron chi connectivity index (χ1n) is 6.21. The summed E-state index contributed by atoms with van der Waals surface area (Å²) in [5.74, 6) is -1.93. The molecule has 5 nitrogen and oxygen atoms in total. The van der Waals surface area contributed by atoms with Crippen molar-refractivity contribution in [2.45, 2.75) is 18.1 Å². The second kappa shape index (κ2) is 5.02. The normalized spacial score (nSPS) is 29.1. The van der Waals surface area contributed by atoms with Crippen LogP contribution >= 0.6 is 11.6 Å². The van der Waals surface area contributed by atoms with Crippen LogP contribution in [-0.4, -0.2) is 37.0 Å². The zero-order chi connectivity index (χ0) is 15.1. The molecule has 1 fully saturated rings. The Kier molecular flexibility index (Phi) is 3.83. The Bertz CT molecular complexity index is 646. The first-order valence-corrected chi connectivity index (χ1v) is 8.31. The molecular formula is C13H16ClNO4S. The van der Waals surface area contributed by atoms with Crippen molar-refractivity contribution >= 4 is 27.4 Å². The van der Waals surface area contributed by atoms with Gasteiger partial charge in [0, 0.05) is 23.2 Å². The second-order valence-electron chi connectivity index (χ2n) is 4.95. The molecule has 0 unspecified atom stereocenters. The van der Waals surface area contributed by atoms with Gasteiger partial charge >= 0.3 is 5.97 Å². The molecule has 110 valence electrons. The van der Waals surface area contributed by atoms with Crippen LogP contribution in [0, 0.1) is 5.41 Å². The standard InChI is InChI=1S/C13H16ClNO4S/c1-2-20(18,19)11-10(13(11,7-15)12(16)17)8-4-3-5-9(14)6-8/h3-6,10-11H,2,7,15H2,1H3,(H,16,17)/t10-,11+,13+/m0/s1. The van der Waals surface area contributed by atoms with E-state index in [-0.39, 0.29) is 12.3 Å². The molecule has 1 aliphatic carbocycles. The minimum Gasteiger partial charge on any atom is -0.481 e. The van der Waals surface area contributed by atoms with Crippen LogP contribution in [0.25, 0.3) is 0 Å². The van der Waals surface area contributed by atoms with Crippen LogP contribution in [0.2, 0.25) is 5.02 Å². The van der Waals surface area contributed by atoms with Gasteiger partial charge in [0.25, 0.3) is 0 Å². The summed E-state index contributed by atoms with van der Waals surface area (Å²) < 4.78 is 24.3. The number of halogens is 1. The molecule has 1 aromatic rings. The zero-order valence-corrected chi connectivity index (χ0v) is 12.5. The maximum absolute atomic E-state index is 12.2. The maximum Gasteiger partial charge on any atom is 0.312 e. The molecule has 20 heavy (non-hydrogen) atoms. The highest BCUT2D eigenvalue weighted by Crippen LogP contribution is 2.62. The van der Waals surface area contributed by atoms with Crippen molar-refractivity contribution in [3.05, 3.63) is 34.9 Å². The number of sulfone groups is 1. The van der Waals surface area contributed by atoms with E-state index >= 15 is 0 Å². The molecule has 0 aromatic heterocycles. The smallest absolute Gasteiger partial charge is 0.312 e. The van der Waals surface area contributed by atoms with Crippen LogP contribution in [-0.2, 0) is 14.6 Å². The number of carboxylic acids is 1. The Morgan fingerprint density at radius 3 is 2.60 bits per heavy atom. The fourth-order valence-corrected chi connectivity index (χ4v) is 5.15. The number of nitrogens with two attached hydrogens (primary N) is 1. The first kappa shape index (κ1) is 15.3. The fourth-order valence-electron chi connectivity index (χ4n) is 2.87. The number of rotatable bonds is 5. The summed E-state index contributed by atoms with van der Waals surface area (Å²) >= 11 is 5.90. The molecule has 3 atom stereocenters. The van der Waals surface area contributed by atoms with Crippen LogP contribution in [0.3, 0.4) is 0 Å². The number of benzene rings is 1. The van der Waals surface area contributed by atoms with Crippen LogP contribution in [0.4, 0.5) is 0 Å². The molecule has 7 heteroatoms. The molecule has 1 saturated carbocycles. The van der Waals surface area contributed by atoms with E-state index in [0.717, 1.165) is 0 Å². The van der Waals surface area contributed by atoms with E-state index < -0.39 is 32.4 Å². The Hall–Kier alpha value is -1.11. The van der Waals surface area contributed by atoms with Gasteiger partial charge in [-0.05, 0) is 17.7 Å². The number of carbonyl (C=O) groups is 1. The number of carboxylic acid groups (broad SMARTS) is 1. The van der Waals surface area contributed by atoms with Crippen molar-refractivity contribution in [3.8, 4) is 0 Å². The average Bonchev–Trinajstić information content (AvgIpc) is 3.10. The first-order chi connectivity index (χ1) is 9.31. The van der Waals surface area contributed by atoms with Crippen molar-refractivity contribution in [2.75, 3.05) is 12.3 Å². The summed E-state index contributed by atoms with van der Waals surface area (Å²) in [5.41, 5.74) is 4.76. The zero-order valence-electron chi connectivity index (χ0n) is 10.9. The predicted octanol–water partition coefficient (Wildman–Crippen LogP) is 1.27. The molecule has 2 rings (SSSR count). The second-order valence-corrected chi connectivity index (χ2v) is 7.80. The third kappa shape index (κ3) is 2.12. The molecule has 0 bridgehead atoms. The summed E-state index contributed by atoms with van der Waals surface area (Å²) in [6.07, 6.45) is 0. The minimum atomic E-state index is -3.50. The fraction of sp³-hybridized carbons (Fsp3) is 0.462. The van der Waals surface area contributed by atoms with E-state index in [1.807, 2.05) is 0 Å². The van der Waals surface area contributed by atoms with Gasteiger partial charge in [-0.3, -0.25) is 4.79 Å². The Labute approximate surface area is 122 Å². The molecule has 0 aliphatic heterocycles. The van der Waals surface area contributed by atoms with Crippen molar-refractivity contribution in [1.82, 2.24) is 0 Å². The molecule has 0 radical (unpaired) electrons. The highest BCUT2D eigenvalue weighted by molar-refractivity contribution is 7.92. The van der Waals surface area contributed by atoms with Gasteiger partial charge < -0.3 is 10.8 Å². The number of aliphatic carboxylic acids is 1. The predicted molar refractivity (Wildman–Crippen MR) is 76.6 cm³/mol. The Morgan fingerprint density at radius 2 is 2.15 bits per heavy atom. The maximum atomic E-state index is 12.2. The van der Waals surface area contributed by atoms with Crippen LogP contribution < -0.4 is 5.73 Å². The van der Waals surface area contributed by atoms with Crippen LogP contribution in [0.15, 0.2) is 24.3 Å².